The number of para-hydroxylation sites is 1. The Bertz CT molecular complexity index is 728. The Labute approximate surface area is 184 Å². The highest BCUT2D eigenvalue weighted by Crippen LogP contribution is 2.18. The lowest BCUT2D eigenvalue weighted by Crippen LogP contribution is -2.51. The molecule has 1 aromatic carbocycles. The van der Waals surface area contributed by atoms with Crippen LogP contribution in [0.1, 0.15) is 51.4 Å². The van der Waals surface area contributed by atoms with Crippen molar-refractivity contribution in [3.8, 4) is 0 Å². The molecule has 2 aliphatic rings. The molecule has 8 heteroatoms. The summed E-state index contributed by atoms with van der Waals surface area (Å²) < 4.78 is 0. The minimum Gasteiger partial charge on any atom is -0.370 e. The van der Waals surface area contributed by atoms with Crippen molar-refractivity contribution >= 4 is 23.5 Å². The summed E-state index contributed by atoms with van der Waals surface area (Å²) in [5, 5.41) is 6.20. The fraction of sp³-hybridized carbons (Fsp3) is 0.609. The summed E-state index contributed by atoms with van der Waals surface area (Å²) in [5.74, 6) is -0.471. The first-order valence-corrected chi connectivity index (χ1v) is 11.4. The number of likely N-dealkylation sites (tertiary alicyclic amines) is 1. The molecule has 0 aromatic heterocycles. The number of anilines is 1. The standard InChI is InChI=1S/C23H35N5O3/c24-21(29)13-16-28(20-9-5-2-6-10-20)22(30)17-27-14-11-19(12-15-27)26-23(31)25-18-7-3-1-4-8-18/h2,5-6,9-10,18-19H,1,3-4,7-8,11-17H2,(H2,24,29)(H2,25,26,31). The number of nitrogens with zero attached hydrogens (tertiary/aromatic N) is 2. The Kier molecular flexibility index (Phi) is 8.70. The molecule has 1 saturated carbocycles. The predicted octanol–water partition coefficient (Wildman–Crippen LogP) is 1.99. The SMILES string of the molecule is NC(=O)CCN(C(=O)CN1CCC(NC(=O)NC2CCCCC2)CC1)c1ccccc1. The number of nitrogens with two attached hydrogens (primary N) is 1. The Morgan fingerprint density at radius 3 is 2.16 bits per heavy atom. The normalized spacial score (nSPS) is 18.3. The highest BCUT2D eigenvalue weighted by Gasteiger charge is 2.25. The van der Waals surface area contributed by atoms with Crippen LogP contribution < -0.4 is 21.3 Å². The second-order valence-corrected chi connectivity index (χ2v) is 8.60. The van der Waals surface area contributed by atoms with Crippen LogP contribution in [0.2, 0.25) is 0 Å². The van der Waals surface area contributed by atoms with Gasteiger partial charge in [-0.15, -0.1) is 0 Å². The van der Waals surface area contributed by atoms with Crippen LogP contribution in [-0.2, 0) is 9.59 Å². The van der Waals surface area contributed by atoms with Crippen LogP contribution in [0.4, 0.5) is 10.5 Å². The molecule has 4 amide bonds. The lowest BCUT2D eigenvalue weighted by atomic mass is 9.96. The predicted molar refractivity (Wildman–Crippen MR) is 121 cm³/mol. The van der Waals surface area contributed by atoms with Crippen molar-refractivity contribution in [2.45, 2.75) is 63.5 Å². The summed E-state index contributed by atoms with van der Waals surface area (Å²) in [7, 11) is 0. The van der Waals surface area contributed by atoms with E-state index in [-0.39, 0.29) is 37.5 Å². The summed E-state index contributed by atoms with van der Waals surface area (Å²) in [4.78, 5) is 40.2. The number of amides is 4. The zero-order chi connectivity index (χ0) is 22.1. The van der Waals surface area contributed by atoms with Crippen molar-refractivity contribution in [2.75, 3.05) is 31.1 Å². The lowest BCUT2D eigenvalue weighted by Gasteiger charge is -2.34. The minimum atomic E-state index is -0.424. The highest BCUT2D eigenvalue weighted by molar-refractivity contribution is 5.95. The van der Waals surface area contributed by atoms with Crippen LogP contribution in [0.5, 0.6) is 0 Å². The number of nitrogens with one attached hydrogen (secondary N) is 2. The number of primary amides is 1. The summed E-state index contributed by atoms with van der Waals surface area (Å²) in [6.45, 7) is 2.06. The van der Waals surface area contributed by atoms with Crippen LogP contribution >= 0.6 is 0 Å². The van der Waals surface area contributed by atoms with Gasteiger partial charge >= 0.3 is 6.03 Å². The van der Waals surface area contributed by atoms with E-state index >= 15 is 0 Å². The summed E-state index contributed by atoms with van der Waals surface area (Å²) >= 11 is 0. The van der Waals surface area contributed by atoms with Crippen molar-refractivity contribution in [1.29, 1.82) is 0 Å². The van der Waals surface area contributed by atoms with E-state index in [4.69, 9.17) is 5.73 Å². The zero-order valence-corrected chi connectivity index (χ0v) is 18.2. The van der Waals surface area contributed by atoms with Gasteiger partial charge in [-0.3, -0.25) is 14.5 Å². The van der Waals surface area contributed by atoms with Gasteiger partial charge in [0.25, 0.3) is 0 Å². The number of carbonyl (C=O) groups is 3. The third kappa shape index (κ3) is 7.54. The van der Waals surface area contributed by atoms with Gasteiger partial charge in [0.2, 0.25) is 11.8 Å². The molecule has 2 fully saturated rings. The van der Waals surface area contributed by atoms with Gasteiger partial charge in [-0.2, -0.15) is 0 Å². The Hall–Kier alpha value is -2.61. The number of hydrogen-bond donors (Lipinski definition) is 3. The number of piperidine rings is 1. The molecule has 0 atom stereocenters. The van der Waals surface area contributed by atoms with Crippen LogP contribution in [0, 0.1) is 0 Å². The molecule has 1 saturated heterocycles. The topological polar surface area (TPSA) is 108 Å². The summed E-state index contributed by atoms with van der Waals surface area (Å²) in [6, 6.07) is 9.72. The average Bonchev–Trinajstić information content (AvgIpc) is 2.76. The first-order valence-electron chi connectivity index (χ1n) is 11.4. The van der Waals surface area contributed by atoms with Gasteiger partial charge < -0.3 is 21.3 Å². The van der Waals surface area contributed by atoms with Crippen LogP contribution in [0.3, 0.4) is 0 Å². The average molecular weight is 430 g/mol. The van der Waals surface area contributed by atoms with E-state index in [9.17, 15) is 14.4 Å². The molecule has 1 aromatic rings. The fourth-order valence-electron chi connectivity index (χ4n) is 4.40. The molecule has 4 N–H and O–H groups in total. The number of carbonyl (C=O) groups excluding carboxylic acids is 3. The maximum Gasteiger partial charge on any atom is 0.315 e. The second kappa shape index (κ2) is 11.7. The fourth-order valence-corrected chi connectivity index (χ4v) is 4.40. The van der Waals surface area contributed by atoms with Crippen molar-refractivity contribution in [1.82, 2.24) is 15.5 Å². The Morgan fingerprint density at radius 1 is 0.935 bits per heavy atom. The molecule has 1 heterocycles. The van der Waals surface area contributed by atoms with E-state index in [2.05, 4.69) is 15.5 Å². The van der Waals surface area contributed by atoms with Gasteiger partial charge in [0.15, 0.2) is 0 Å². The van der Waals surface area contributed by atoms with E-state index in [0.29, 0.717) is 6.04 Å². The minimum absolute atomic E-state index is 0.0473. The number of hydrogen-bond acceptors (Lipinski definition) is 4. The van der Waals surface area contributed by atoms with Gasteiger partial charge in [0.05, 0.1) is 6.54 Å². The van der Waals surface area contributed by atoms with Gasteiger partial charge in [-0.1, -0.05) is 37.5 Å². The first kappa shape index (κ1) is 23.1. The Balaban J connectivity index is 1.44. The molecule has 3 rings (SSSR count). The van der Waals surface area contributed by atoms with E-state index in [1.54, 1.807) is 4.90 Å². The third-order valence-electron chi connectivity index (χ3n) is 6.17. The Morgan fingerprint density at radius 2 is 1.55 bits per heavy atom. The number of urea groups is 1. The largest absolute Gasteiger partial charge is 0.370 e. The zero-order valence-electron chi connectivity index (χ0n) is 18.2. The molecular weight excluding hydrogens is 394 g/mol. The van der Waals surface area contributed by atoms with Gasteiger partial charge in [-0.05, 0) is 37.8 Å². The molecule has 8 nitrogen and oxygen atoms in total. The van der Waals surface area contributed by atoms with Crippen LogP contribution in [0.15, 0.2) is 30.3 Å². The summed E-state index contributed by atoms with van der Waals surface area (Å²) in [6.07, 6.45) is 7.55. The maximum atomic E-state index is 13.0. The van der Waals surface area contributed by atoms with Crippen LogP contribution in [-0.4, -0.2) is 61.0 Å². The van der Waals surface area contributed by atoms with E-state index in [1.807, 2.05) is 30.3 Å². The van der Waals surface area contributed by atoms with Crippen molar-refractivity contribution in [3.05, 3.63) is 30.3 Å². The van der Waals surface area contributed by atoms with E-state index < -0.39 is 5.91 Å². The third-order valence-corrected chi connectivity index (χ3v) is 6.17. The maximum absolute atomic E-state index is 13.0. The molecule has 0 spiro atoms. The number of benzene rings is 1. The molecule has 0 bridgehead atoms. The van der Waals surface area contributed by atoms with Gasteiger partial charge in [0.1, 0.15) is 0 Å². The smallest absolute Gasteiger partial charge is 0.315 e. The van der Waals surface area contributed by atoms with E-state index in [1.165, 1.54) is 19.3 Å². The second-order valence-electron chi connectivity index (χ2n) is 8.60. The lowest BCUT2D eigenvalue weighted by molar-refractivity contribution is -0.120. The molecule has 31 heavy (non-hydrogen) atoms. The monoisotopic (exact) mass is 429 g/mol. The van der Waals surface area contributed by atoms with Gasteiger partial charge in [0, 0.05) is 43.8 Å². The van der Waals surface area contributed by atoms with Crippen molar-refractivity contribution < 1.29 is 14.4 Å². The molecular formula is C23H35N5O3. The molecule has 1 aliphatic carbocycles. The first-order chi connectivity index (χ1) is 15.0. The van der Waals surface area contributed by atoms with Crippen LogP contribution in [0.25, 0.3) is 0 Å². The summed E-state index contributed by atoms with van der Waals surface area (Å²) in [5.41, 5.74) is 6.06. The molecule has 0 radical (unpaired) electrons. The quantitative estimate of drug-likeness (QED) is 0.587. The molecule has 170 valence electrons. The molecule has 0 unspecified atom stereocenters. The van der Waals surface area contributed by atoms with Crippen molar-refractivity contribution in [3.63, 3.8) is 0 Å². The molecule has 1 aliphatic heterocycles. The van der Waals surface area contributed by atoms with E-state index in [0.717, 1.165) is 44.5 Å². The number of rotatable bonds is 8. The van der Waals surface area contributed by atoms with Gasteiger partial charge in [-0.25, -0.2) is 4.79 Å². The van der Waals surface area contributed by atoms with Crippen molar-refractivity contribution in [2.24, 2.45) is 5.73 Å². The highest BCUT2D eigenvalue weighted by atomic mass is 16.2.